The fourth-order valence-electron chi connectivity index (χ4n) is 8.22. The molecule has 0 atom stereocenters. The average Bonchev–Trinajstić information content (AvgIpc) is 3.35. The maximum Gasteiger partial charge on any atom is 0.306 e. The monoisotopic (exact) mass is 963 g/mol. The van der Waals surface area contributed by atoms with Crippen LogP contribution in [0.25, 0.3) is 0 Å². The van der Waals surface area contributed by atoms with Crippen molar-refractivity contribution in [2.24, 2.45) is 0 Å². The molecule has 0 aliphatic carbocycles. The van der Waals surface area contributed by atoms with Crippen LogP contribution >= 0.6 is 0 Å². The number of hydrogen-bond donors (Lipinski definition) is 0. The van der Waals surface area contributed by atoms with Crippen molar-refractivity contribution in [2.75, 3.05) is 13.2 Å². The van der Waals surface area contributed by atoms with Crippen molar-refractivity contribution < 1.29 is 28.6 Å². The molecule has 0 heterocycles. The van der Waals surface area contributed by atoms with Gasteiger partial charge in [0.1, 0.15) is 13.2 Å². The molecule has 0 N–H and O–H groups in total. The van der Waals surface area contributed by atoms with Crippen LogP contribution in [0.5, 0.6) is 0 Å². The van der Waals surface area contributed by atoms with Gasteiger partial charge in [-0.15, -0.1) is 0 Å². The van der Waals surface area contributed by atoms with Gasteiger partial charge in [0.05, 0.1) is 0 Å². The van der Waals surface area contributed by atoms with Crippen molar-refractivity contribution in [3.63, 3.8) is 0 Å². The Balaban J connectivity index is 4.45. The molecule has 0 aromatic rings. The summed E-state index contributed by atoms with van der Waals surface area (Å²) in [6.45, 7) is 6.57. The fraction of sp³-hybridized carbons (Fsp3) is 0.762. The second-order valence-corrected chi connectivity index (χ2v) is 19.6. The number of carbonyl (C=O) groups is 3. The zero-order valence-electron chi connectivity index (χ0n) is 45.6. The van der Waals surface area contributed by atoms with Crippen molar-refractivity contribution in [1.29, 1.82) is 0 Å². The molecule has 0 aromatic carbocycles. The van der Waals surface area contributed by atoms with Gasteiger partial charge in [0.25, 0.3) is 0 Å². The Morgan fingerprint density at radius 2 is 0.522 bits per heavy atom. The maximum atomic E-state index is 12.9. The van der Waals surface area contributed by atoms with Gasteiger partial charge < -0.3 is 14.2 Å². The number of ether oxygens (including phenoxy) is 3. The van der Waals surface area contributed by atoms with Gasteiger partial charge in [-0.25, -0.2) is 0 Å². The zero-order valence-corrected chi connectivity index (χ0v) is 45.6. The Kier molecular flexibility index (Phi) is 54.8. The van der Waals surface area contributed by atoms with Gasteiger partial charge in [0.2, 0.25) is 0 Å². The summed E-state index contributed by atoms with van der Waals surface area (Å²) in [5.41, 5.74) is 0. The number of unbranched alkanes of at least 4 members (excludes halogenated alkanes) is 30. The number of carbonyl (C=O) groups excluding carboxylic acids is 3. The molecule has 0 aliphatic heterocycles. The third kappa shape index (κ3) is 55.6. The van der Waals surface area contributed by atoms with Crippen molar-refractivity contribution in [1.82, 2.24) is 0 Å². The molecule has 0 unspecified atom stereocenters. The molecule has 0 rings (SSSR count). The average molecular weight is 964 g/mol. The van der Waals surface area contributed by atoms with Crippen LogP contribution in [-0.4, -0.2) is 37.2 Å². The molecule has 0 fully saturated rings. The molecule has 0 spiro atoms. The standard InChI is InChI=1S/C63H110O6/c1-4-7-10-13-16-19-22-25-28-31-34-37-40-43-46-49-52-55-61(64)67-58-60(69-63(66)57-54-51-48-45-42-39-36-33-30-27-24-21-18-15-12-9-6-3)59-68-62(65)56-53-50-47-44-41-38-35-32-29-26-23-20-17-14-11-8-5-2/h16-17,19-20,25-26,28-29,34-35,37-38,60H,4-15,18,21-24,27,30-33,36,39-59H2,1-3H3/b19-16-,20-17-,28-25-,29-26-,37-34-,38-35-. The number of allylic oxidation sites excluding steroid dienone is 12. The number of hydrogen-bond acceptors (Lipinski definition) is 6. The minimum absolute atomic E-state index is 0.0924. The Labute approximate surface area is 427 Å². The summed E-state index contributed by atoms with van der Waals surface area (Å²) in [7, 11) is 0. The minimum Gasteiger partial charge on any atom is -0.462 e. The first-order chi connectivity index (χ1) is 34.0. The van der Waals surface area contributed by atoms with Crippen LogP contribution in [0.2, 0.25) is 0 Å². The van der Waals surface area contributed by atoms with Crippen LogP contribution in [0, 0.1) is 0 Å². The molecular formula is C63H110O6. The van der Waals surface area contributed by atoms with E-state index in [2.05, 4.69) is 93.7 Å². The van der Waals surface area contributed by atoms with Crippen LogP contribution in [0.3, 0.4) is 0 Å². The van der Waals surface area contributed by atoms with Crippen LogP contribution in [0.1, 0.15) is 290 Å². The smallest absolute Gasteiger partial charge is 0.306 e. The van der Waals surface area contributed by atoms with E-state index in [1.54, 1.807) is 0 Å². The van der Waals surface area contributed by atoms with Crippen LogP contribution in [0.15, 0.2) is 72.9 Å². The van der Waals surface area contributed by atoms with Gasteiger partial charge in [-0.2, -0.15) is 0 Å². The molecule has 0 saturated heterocycles. The lowest BCUT2D eigenvalue weighted by Crippen LogP contribution is -2.30. The summed E-state index contributed by atoms with van der Waals surface area (Å²) < 4.78 is 16.9. The molecule has 6 heteroatoms. The first kappa shape index (κ1) is 65.8. The molecule has 0 bridgehead atoms. The van der Waals surface area contributed by atoms with Gasteiger partial charge in [-0.1, -0.05) is 248 Å². The lowest BCUT2D eigenvalue weighted by atomic mass is 10.0. The summed E-state index contributed by atoms with van der Waals surface area (Å²) in [5, 5.41) is 0. The van der Waals surface area contributed by atoms with Crippen molar-refractivity contribution in [2.45, 2.75) is 297 Å². The van der Waals surface area contributed by atoms with E-state index in [0.717, 1.165) is 109 Å². The topological polar surface area (TPSA) is 78.9 Å². The predicted molar refractivity (Wildman–Crippen MR) is 298 cm³/mol. The normalized spacial score (nSPS) is 12.2. The highest BCUT2D eigenvalue weighted by Crippen LogP contribution is 2.16. The third-order valence-corrected chi connectivity index (χ3v) is 12.7. The van der Waals surface area contributed by atoms with Gasteiger partial charge in [-0.05, 0) is 96.3 Å². The van der Waals surface area contributed by atoms with E-state index in [-0.39, 0.29) is 31.1 Å². The Bertz CT molecular complexity index is 1220. The molecule has 0 radical (unpaired) electrons. The van der Waals surface area contributed by atoms with Gasteiger partial charge in [-0.3, -0.25) is 14.4 Å². The molecular weight excluding hydrogens is 853 g/mol. The van der Waals surface area contributed by atoms with Gasteiger partial charge in [0, 0.05) is 19.3 Å². The summed E-state index contributed by atoms with van der Waals surface area (Å²) in [6.07, 6.45) is 73.1. The SMILES string of the molecule is CCCCC/C=C\C/C=C\C/C=C\CCCCCCC(=O)OCC(COC(=O)CCCCCC/C=C\C/C=C\C/C=C\CCCCC)OC(=O)CCCCCCCCCCCCCCCCCCC. The number of esters is 3. The Morgan fingerprint density at radius 3 is 0.841 bits per heavy atom. The van der Waals surface area contributed by atoms with Crippen LogP contribution in [-0.2, 0) is 28.6 Å². The van der Waals surface area contributed by atoms with Crippen LogP contribution in [0.4, 0.5) is 0 Å². The highest BCUT2D eigenvalue weighted by atomic mass is 16.6. The highest BCUT2D eigenvalue weighted by molar-refractivity contribution is 5.71. The second kappa shape index (κ2) is 57.4. The minimum atomic E-state index is -0.793. The summed E-state index contributed by atoms with van der Waals surface area (Å²) in [6, 6.07) is 0. The lowest BCUT2D eigenvalue weighted by molar-refractivity contribution is -0.167. The Hall–Kier alpha value is -3.15. The van der Waals surface area contributed by atoms with Crippen molar-refractivity contribution in [3.05, 3.63) is 72.9 Å². The molecule has 6 nitrogen and oxygen atoms in total. The van der Waals surface area contributed by atoms with E-state index in [9.17, 15) is 14.4 Å². The van der Waals surface area contributed by atoms with Gasteiger partial charge in [0.15, 0.2) is 6.10 Å². The van der Waals surface area contributed by atoms with Crippen molar-refractivity contribution >= 4 is 17.9 Å². The van der Waals surface area contributed by atoms with E-state index in [1.807, 2.05) is 0 Å². The largest absolute Gasteiger partial charge is 0.462 e. The fourth-order valence-corrected chi connectivity index (χ4v) is 8.22. The lowest BCUT2D eigenvalue weighted by Gasteiger charge is -2.18. The van der Waals surface area contributed by atoms with Crippen LogP contribution < -0.4 is 0 Å². The molecule has 398 valence electrons. The first-order valence-corrected chi connectivity index (χ1v) is 29.4. The maximum absolute atomic E-state index is 12.9. The van der Waals surface area contributed by atoms with Crippen molar-refractivity contribution in [3.8, 4) is 0 Å². The van der Waals surface area contributed by atoms with E-state index in [4.69, 9.17) is 14.2 Å². The zero-order chi connectivity index (χ0) is 50.0. The Morgan fingerprint density at radius 1 is 0.290 bits per heavy atom. The molecule has 69 heavy (non-hydrogen) atoms. The van der Waals surface area contributed by atoms with Gasteiger partial charge >= 0.3 is 17.9 Å². The molecule has 0 saturated carbocycles. The quantitative estimate of drug-likeness (QED) is 0.0262. The first-order valence-electron chi connectivity index (χ1n) is 29.4. The summed E-state index contributed by atoms with van der Waals surface area (Å²) in [5.74, 6) is -0.922. The van der Waals surface area contributed by atoms with E-state index >= 15 is 0 Å². The molecule has 0 aromatic heterocycles. The molecule has 0 amide bonds. The second-order valence-electron chi connectivity index (χ2n) is 19.6. The highest BCUT2D eigenvalue weighted by Gasteiger charge is 2.19. The third-order valence-electron chi connectivity index (χ3n) is 12.7. The predicted octanol–water partition coefficient (Wildman–Crippen LogP) is 19.8. The van der Waals surface area contributed by atoms with E-state index in [1.165, 1.54) is 141 Å². The van der Waals surface area contributed by atoms with E-state index < -0.39 is 6.10 Å². The summed E-state index contributed by atoms with van der Waals surface area (Å²) in [4.78, 5) is 38.2. The van der Waals surface area contributed by atoms with E-state index in [0.29, 0.717) is 19.3 Å². The number of rotatable bonds is 53. The molecule has 0 aliphatic rings. The summed E-state index contributed by atoms with van der Waals surface area (Å²) >= 11 is 0.